The minimum atomic E-state index is -4.23. The molecule has 0 unspecified atom stereocenters. The van der Waals surface area contributed by atoms with E-state index in [0.717, 1.165) is 25.2 Å². The summed E-state index contributed by atoms with van der Waals surface area (Å²) in [5, 5.41) is 7.62. The summed E-state index contributed by atoms with van der Waals surface area (Å²) in [7, 11) is -4.23. The summed E-state index contributed by atoms with van der Waals surface area (Å²) in [6.45, 7) is 8.51. The number of nitrogens with zero attached hydrogens (tertiary/aromatic N) is 5. The van der Waals surface area contributed by atoms with Crippen LogP contribution in [0.2, 0.25) is 0 Å². The summed E-state index contributed by atoms with van der Waals surface area (Å²) in [6, 6.07) is 9.85. The van der Waals surface area contributed by atoms with Crippen molar-refractivity contribution in [2.45, 2.75) is 76.3 Å². The van der Waals surface area contributed by atoms with Crippen LogP contribution in [-0.4, -0.2) is 59.3 Å². The number of rotatable bonds is 5. The van der Waals surface area contributed by atoms with Crippen molar-refractivity contribution in [3.63, 3.8) is 0 Å². The van der Waals surface area contributed by atoms with Crippen LogP contribution in [0.5, 0.6) is 5.88 Å². The zero-order chi connectivity index (χ0) is 30.2. The molecule has 4 bridgehead atoms. The van der Waals surface area contributed by atoms with Crippen molar-refractivity contribution in [2.24, 2.45) is 17.8 Å². The van der Waals surface area contributed by atoms with Crippen LogP contribution in [0.3, 0.4) is 0 Å². The molecule has 2 aliphatic heterocycles. The van der Waals surface area contributed by atoms with Gasteiger partial charge in [-0.1, -0.05) is 38.7 Å². The fraction of sp³-hybridized carbons (Fsp3) is 0.548. The molecule has 1 aliphatic carbocycles. The summed E-state index contributed by atoms with van der Waals surface area (Å²) < 4.78 is 36.3. The van der Waals surface area contributed by atoms with Gasteiger partial charge in [-0.15, -0.1) is 5.10 Å². The third kappa shape index (κ3) is 6.34. The second kappa shape index (κ2) is 11.8. The lowest BCUT2D eigenvalue weighted by Crippen LogP contribution is -2.41. The first-order valence-electron chi connectivity index (χ1n) is 15.3. The number of carbonyl (C=O) groups excluding carboxylic acids is 1. The molecule has 3 aromatic rings. The van der Waals surface area contributed by atoms with Crippen LogP contribution in [0.4, 0.5) is 11.6 Å². The Hall–Kier alpha value is -3.67. The van der Waals surface area contributed by atoms with Gasteiger partial charge in [-0.2, -0.15) is 8.42 Å². The smallest absolute Gasteiger partial charge is 0.281 e. The second-order valence-electron chi connectivity index (χ2n) is 12.8. The SMILES string of the molecule is C[C@H]1CCNc2cccc(n2)S(=O)(=O)NC(=O)c2ccc(-n3ccc(OCCC4CCCC4)n3)nc2N2C[C@@H]1CC2(C)C. The summed E-state index contributed by atoms with van der Waals surface area (Å²) in [6.07, 6.45) is 9.79. The Balaban J connectivity index is 1.33. The first-order valence-corrected chi connectivity index (χ1v) is 16.8. The topological polar surface area (TPSA) is 131 Å². The Morgan fingerprint density at radius 1 is 1.07 bits per heavy atom. The van der Waals surface area contributed by atoms with E-state index in [2.05, 4.69) is 45.8 Å². The first kappa shape index (κ1) is 29.4. The second-order valence-corrected chi connectivity index (χ2v) is 14.4. The van der Waals surface area contributed by atoms with Crippen LogP contribution >= 0.6 is 0 Å². The predicted molar refractivity (Wildman–Crippen MR) is 164 cm³/mol. The van der Waals surface area contributed by atoms with Gasteiger partial charge in [-0.05, 0) is 75.1 Å². The quantitative estimate of drug-likeness (QED) is 0.420. The normalized spacial score (nSPS) is 23.5. The Morgan fingerprint density at radius 3 is 2.70 bits per heavy atom. The molecule has 0 radical (unpaired) electrons. The van der Waals surface area contributed by atoms with Crippen LogP contribution in [0.1, 0.15) is 76.1 Å². The van der Waals surface area contributed by atoms with Crippen molar-refractivity contribution in [1.29, 1.82) is 0 Å². The lowest BCUT2D eigenvalue weighted by Gasteiger charge is -2.34. The molecule has 2 N–H and O–H groups in total. The highest BCUT2D eigenvalue weighted by Crippen LogP contribution is 2.41. The predicted octanol–water partition coefficient (Wildman–Crippen LogP) is 4.80. The Bertz CT molecular complexity index is 1580. The highest BCUT2D eigenvalue weighted by molar-refractivity contribution is 7.90. The number of sulfonamides is 1. The van der Waals surface area contributed by atoms with Crippen LogP contribution in [0, 0.1) is 17.8 Å². The van der Waals surface area contributed by atoms with Gasteiger partial charge in [0.25, 0.3) is 15.9 Å². The molecule has 2 fully saturated rings. The van der Waals surface area contributed by atoms with E-state index in [9.17, 15) is 13.2 Å². The van der Waals surface area contributed by atoms with E-state index in [0.29, 0.717) is 54.9 Å². The highest BCUT2D eigenvalue weighted by atomic mass is 32.2. The molecule has 0 spiro atoms. The molecular weight excluding hydrogens is 566 g/mol. The monoisotopic (exact) mass is 607 g/mol. The van der Waals surface area contributed by atoms with Gasteiger partial charge in [0, 0.05) is 30.9 Å². The molecule has 230 valence electrons. The number of anilines is 2. The zero-order valence-electron chi connectivity index (χ0n) is 25.1. The average molecular weight is 608 g/mol. The number of carbonyl (C=O) groups is 1. The molecule has 1 saturated heterocycles. The molecule has 43 heavy (non-hydrogen) atoms. The van der Waals surface area contributed by atoms with Crippen LogP contribution in [0.25, 0.3) is 5.82 Å². The van der Waals surface area contributed by atoms with E-state index in [1.54, 1.807) is 35.1 Å². The molecule has 1 saturated carbocycles. The highest BCUT2D eigenvalue weighted by Gasteiger charge is 2.42. The molecule has 12 heteroatoms. The van der Waals surface area contributed by atoms with Crippen molar-refractivity contribution in [3.8, 4) is 11.7 Å². The number of nitrogens with one attached hydrogen (secondary N) is 2. The first-order chi connectivity index (χ1) is 20.6. The molecule has 3 aromatic heterocycles. The van der Waals surface area contributed by atoms with Gasteiger partial charge in [0.1, 0.15) is 11.6 Å². The van der Waals surface area contributed by atoms with Crippen molar-refractivity contribution < 1.29 is 17.9 Å². The summed E-state index contributed by atoms with van der Waals surface area (Å²) in [5.74, 6) is 2.64. The number of hydrogen-bond acceptors (Lipinski definition) is 9. The fourth-order valence-electron chi connectivity index (χ4n) is 6.70. The van der Waals surface area contributed by atoms with Gasteiger partial charge in [0.2, 0.25) is 5.88 Å². The fourth-order valence-corrected chi connectivity index (χ4v) is 7.63. The maximum absolute atomic E-state index is 13.6. The Kier molecular flexibility index (Phi) is 8.06. The molecular formula is C31H41N7O4S. The van der Waals surface area contributed by atoms with Gasteiger partial charge in [-0.25, -0.2) is 19.4 Å². The van der Waals surface area contributed by atoms with Crippen molar-refractivity contribution in [3.05, 3.63) is 48.2 Å². The number of fused-ring (bicyclic) bond motifs is 6. The molecule has 5 heterocycles. The number of amides is 1. The third-order valence-corrected chi connectivity index (χ3v) is 10.5. The van der Waals surface area contributed by atoms with E-state index < -0.39 is 15.9 Å². The summed E-state index contributed by atoms with van der Waals surface area (Å²) in [4.78, 5) is 25.0. The van der Waals surface area contributed by atoms with Crippen LogP contribution < -0.4 is 19.7 Å². The van der Waals surface area contributed by atoms with Crippen molar-refractivity contribution >= 4 is 27.6 Å². The average Bonchev–Trinajstić information content (AvgIpc) is 3.73. The minimum absolute atomic E-state index is 0.179. The minimum Gasteiger partial charge on any atom is -0.477 e. The van der Waals surface area contributed by atoms with Gasteiger partial charge < -0.3 is 15.0 Å². The maximum Gasteiger partial charge on any atom is 0.281 e. The van der Waals surface area contributed by atoms with E-state index in [4.69, 9.17) is 9.72 Å². The Labute approximate surface area is 253 Å². The summed E-state index contributed by atoms with van der Waals surface area (Å²) in [5.41, 5.74) is -0.133. The van der Waals surface area contributed by atoms with Crippen LogP contribution in [-0.2, 0) is 10.0 Å². The van der Waals surface area contributed by atoms with Gasteiger partial charge in [-0.3, -0.25) is 4.79 Å². The summed E-state index contributed by atoms with van der Waals surface area (Å²) >= 11 is 0. The van der Waals surface area contributed by atoms with Crippen molar-refractivity contribution in [1.82, 2.24) is 24.5 Å². The van der Waals surface area contributed by atoms with Crippen LogP contribution in [0.15, 0.2) is 47.6 Å². The molecule has 11 nitrogen and oxygen atoms in total. The molecule has 1 amide bonds. The third-order valence-electron chi connectivity index (χ3n) is 9.26. The molecule has 3 aliphatic rings. The number of ether oxygens (including phenoxy) is 1. The van der Waals surface area contributed by atoms with Gasteiger partial charge >= 0.3 is 0 Å². The standard InChI is InChI=1S/C31H41N7O4S/c1-21-13-16-32-25-9-6-10-28(33-25)43(40,41)36-30(39)24-11-12-26(34-29(24)37-20-23(21)19-31(37,2)3)38-17-14-27(35-38)42-18-15-22-7-4-5-8-22/h6,9-12,14,17,21-23H,4-5,7-8,13,15-16,18-20H2,1-3H3,(H,32,33)(H,36,39)/t21-,23-/m0/s1. The van der Waals surface area contributed by atoms with E-state index >= 15 is 0 Å². The number of pyridine rings is 2. The molecule has 6 rings (SSSR count). The van der Waals surface area contributed by atoms with E-state index in [1.165, 1.54) is 31.7 Å². The Morgan fingerprint density at radius 2 is 1.88 bits per heavy atom. The number of hydrogen-bond donors (Lipinski definition) is 2. The molecule has 2 atom stereocenters. The maximum atomic E-state index is 13.6. The molecule has 0 aromatic carbocycles. The van der Waals surface area contributed by atoms with Gasteiger partial charge in [0.05, 0.1) is 12.2 Å². The zero-order valence-corrected chi connectivity index (χ0v) is 25.9. The van der Waals surface area contributed by atoms with E-state index in [-0.39, 0.29) is 16.1 Å². The number of aromatic nitrogens is 4. The lowest BCUT2D eigenvalue weighted by atomic mass is 9.86. The lowest BCUT2D eigenvalue weighted by molar-refractivity contribution is 0.0981. The van der Waals surface area contributed by atoms with Crippen molar-refractivity contribution in [2.75, 3.05) is 29.9 Å². The van der Waals surface area contributed by atoms with E-state index in [1.807, 2.05) is 6.07 Å². The largest absolute Gasteiger partial charge is 0.477 e. The van der Waals surface area contributed by atoms with Gasteiger partial charge in [0.15, 0.2) is 10.8 Å².